The van der Waals surface area contributed by atoms with Crippen LogP contribution >= 0.6 is 0 Å². The minimum Gasteiger partial charge on any atom is -0.378 e. The Balaban J connectivity index is 1.63. The fourth-order valence-corrected chi connectivity index (χ4v) is 3.39. The van der Waals surface area contributed by atoms with Gasteiger partial charge in [-0.2, -0.15) is 4.98 Å². The Morgan fingerprint density at radius 3 is 2.07 bits per heavy atom. The Morgan fingerprint density at radius 1 is 0.964 bits per heavy atom. The molecule has 0 spiro atoms. The van der Waals surface area contributed by atoms with Gasteiger partial charge < -0.3 is 24.6 Å². The Kier molecular flexibility index (Phi) is 5.75. The molecule has 0 aliphatic carbocycles. The minimum atomic E-state index is 0.426. The van der Waals surface area contributed by atoms with Crippen LogP contribution in [-0.2, 0) is 9.47 Å². The quantitative estimate of drug-likeness (QED) is 0.746. The molecule has 28 heavy (non-hydrogen) atoms. The van der Waals surface area contributed by atoms with Crippen LogP contribution in [0.15, 0.2) is 30.5 Å². The molecule has 2 fully saturated rings. The van der Waals surface area contributed by atoms with Gasteiger partial charge in [0.2, 0.25) is 5.95 Å². The molecule has 1 aromatic heterocycles. The van der Waals surface area contributed by atoms with E-state index >= 15 is 0 Å². The largest absolute Gasteiger partial charge is 0.378 e. The van der Waals surface area contributed by atoms with E-state index in [2.05, 4.69) is 43.3 Å². The van der Waals surface area contributed by atoms with E-state index in [1.165, 1.54) is 7.05 Å². The second-order valence-corrected chi connectivity index (χ2v) is 6.82. The number of hydrogen-bond donors (Lipinski definition) is 2. The lowest BCUT2D eigenvalue weighted by Gasteiger charge is -2.33. The maximum atomic E-state index is 9.62. The van der Waals surface area contributed by atoms with Crippen LogP contribution in [0, 0.1) is 0 Å². The predicted molar refractivity (Wildman–Crippen MR) is 108 cm³/mol. The lowest BCUT2D eigenvalue weighted by molar-refractivity contribution is 0.122. The van der Waals surface area contributed by atoms with Crippen molar-refractivity contribution in [1.82, 2.24) is 9.97 Å². The summed E-state index contributed by atoms with van der Waals surface area (Å²) in [5.41, 5.74) is 3.19. The van der Waals surface area contributed by atoms with Crippen LogP contribution in [0.5, 0.6) is 0 Å². The number of nitrogens with one attached hydrogen (secondary N) is 1. The highest BCUT2D eigenvalue weighted by atomic mass is 16.5. The van der Waals surface area contributed by atoms with Gasteiger partial charge in [0.25, 0.3) is 0 Å². The van der Waals surface area contributed by atoms with Gasteiger partial charge in [0.05, 0.1) is 26.4 Å². The van der Waals surface area contributed by atoms with Crippen LogP contribution in [0.1, 0.15) is 0 Å². The van der Waals surface area contributed by atoms with Gasteiger partial charge in [-0.25, -0.2) is 10.0 Å². The monoisotopic (exact) mass is 386 g/mol. The first kappa shape index (κ1) is 18.7. The van der Waals surface area contributed by atoms with E-state index in [0.717, 1.165) is 74.7 Å². The lowest BCUT2D eigenvalue weighted by Crippen LogP contribution is -2.38. The molecule has 0 radical (unpaired) electrons. The molecule has 0 atom stereocenters. The molecule has 9 heteroatoms. The van der Waals surface area contributed by atoms with Gasteiger partial charge in [0, 0.05) is 62.6 Å². The molecular formula is C19H26N6O3. The molecule has 2 aromatic rings. The summed E-state index contributed by atoms with van der Waals surface area (Å²) in [7, 11) is 1.53. The average Bonchev–Trinajstić information content (AvgIpc) is 2.75. The number of nitrogens with zero attached hydrogens (tertiary/aromatic N) is 5. The number of morpholine rings is 2. The zero-order valence-electron chi connectivity index (χ0n) is 16.0. The average molecular weight is 386 g/mol. The number of benzene rings is 1. The molecular weight excluding hydrogens is 360 g/mol. The van der Waals surface area contributed by atoms with Gasteiger partial charge >= 0.3 is 0 Å². The molecule has 4 rings (SSSR count). The van der Waals surface area contributed by atoms with Crippen molar-refractivity contribution in [1.29, 1.82) is 0 Å². The third-order valence-electron chi connectivity index (χ3n) is 4.88. The van der Waals surface area contributed by atoms with Crippen LogP contribution in [0.3, 0.4) is 0 Å². The van der Waals surface area contributed by atoms with E-state index in [4.69, 9.17) is 9.47 Å². The highest BCUT2D eigenvalue weighted by Crippen LogP contribution is 2.30. The minimum absolute atomic E-state index is 0.426. The maximum Gasteiger partial charge on any atom is 0.229 e. The summed E-state index contributed by atoms with van der Waals surface area (Å²) in [4.78, 5) is 13.3. The van der Waals surface area contributed by atoms with E-state index in [0.29, 0.717) is 11.8 Å². The topological polar surface area (TPSA) is 86.2 Å². The Labute approximate surface area is 164 Å². The summed E-state index contributed by atoms with van der Waals surface area (Å²) in [6.07, 6.45) is 1.62. The Bertz CT molecular complexity index is 755. The standard InChI is InChI=1S/C19H26N6O3/c1-23(26)18-2-3-20-19(22-18)21-15-12-16(24-4-8-27-9-5-24)14-17(13-15)25-6-10-28-11-7-25/h2-3,12-14,26H,4-11H2,1H3,(H,20,21,22). The third-order valence-corrected chi connectivity index (χ3v) is 4.88. The molecule has 3 heterocycles. The van der Waals surface area contributed by atoms with E-state index in [9.17, 15) is 5.21 Å². The molecule has 0 unspecified atom stereocenters. The SMILES string of the molecule is CN(O)c1ccnc(Nc2cc(N3CCOCC3)cc(N3CCOCC3)c2)n1. The first-order valence-corrected chi connectivity index (χ1v) is 9.52. The van der Waals surface area contributed by atoms with Gasteiger partial charge in [-0.3, -0.25) is 5.21 Å². The molecule has 1 aromatic carbocycles. The number of aromatic nitrogens is 2. The first-order chi connectivity index (χ1) is 13.7. The summed E-state index contributed by atoms with van der Waals surface area (Å²) in [5, 5.41) is 13.9. The Morgan fingerprint density at radius 2 is 1.54 bits per heavy atom. The number of hydrogen-bond acceptors (Lipinski definition) is 9. The Hall–Kier alpha value is -2.62. The number of rotatable bonds is 5. The molecule has 2 saturated heterocycles. The summed E-state index contributed by atoms with van der Waals surface area (Å²) in [6, 6.07) is 8.08. The summed E-state index contributed by atoms with van der Waals surface area (Å²) in [6.45, 7) is 6.41. The van der Waals surface area contributed by atoms with Crippen LogP contribution in [0.25, 0.3) is 0 Å². The van der Waals surface area contributed by atoms with Crippen molar-refractivity contribution in [3.05, 3.63) is 30.5 Å². The second kappa shape index (κ2) is 8.59. The molecule has 9 nitrogen and oxygen atoms in total. The second-order valence-electron chi connectivity index (χ2n) is 6.82. The van der Waals surface area contributed by atoms with Crippen molar-refractivity contribution in [3.63, 3.8) is 0 Å². The summed E-state index contributed by atoms with van der Waals surface area (Å²) < 4.78 is 11.0. The molecule has 2 N–H and O–H groups in total. The molecule has 2 aliphatic rings. The molecule has 150 valence electrons. The molecule has 2 aliphatic heterocycles. The van der Waals surface area contributed by atoms with Gasteiger partial charge in [-0.15, -0.1) is 0 Å². The first-order valence-electron chi connectivity index (χ1n) is 9.52. The summed E-state index contributed by atoms with van der Waals surface area (Å²) >= 11 is 0. The normalized spacial score (nSPS) is 17.5. The fraction of sp³-hybridized carbons (Fsp3) is 0.474. The van der Waals surface area contributed by atoms with Crippen molar-refractivity contribution >= 4 is 28.8 Å². The van der Waals surface area contributed by atoms with E-state index in [-0.39, 0.29) is 0 Å². The van der Waals surface area contributed by atoms with Gasteiger partial charge in [-0.05, 0) is 18.2 Å². The zero-order valence-corrected chi connectivity index (χ0v) is 16.0. The van der Waals surface area contributed by atoms with Crippen molar-refractivity contribution < 1.29 is 14.7 Å². The fourth-order valence-electron chi connectivity index (χ4n) is 3.39. The maximum absolute atomic E-state index is 9.62. The van der Waals surface area contributed by atoms with Crippen LogP contribution < -0.4 is 20.2 Å². The zero-order chi connectivity index (χ0) is 19.3. The number of hydroxylamine groups is 1. The molecule has 0 amide bonds. The van der Waals surface area contributed by atoms with Crippen LogP contribution in [0.2, 0.25) is 0 Å². The molecule has 0 bridgehead atoms. The van der Waals surface area contributed by atoms with Gasteiger partial charge in [-0.1, -0.05) is 0 Å². The van der Waals surface area contributed by atoms with Crippen LogP contribution in [-0.4, -0.2) is 74.8 Å². The van der Waals surface area contributed by atoms with Crippen molar-refractivity contribution in [2.45, 2.75) is 0 Å². The van der Waals surface area contributed by atoms with Crippen molar-refractivity contribution in [2.24, 2.45) is 0 Å². The van der Waals surface area contributed by atoms with E-state index in [1.807, 2.05) is 0 Å². The van der Waals surface area contributed by atoms with Crippen LogP contribution in [0.4, 0.5) is 28.8 Å². The number of anilines is 5. The van der Waals surface area contributed by atoms with Gasteiger partial charge in [0.1, 0.15) is 0 Å². The smallest absolute Gasteiger partial charge is 0.229 e. The highest BCUT2D eigenvalue weighted by molar-refractivity contribution is 5.71. The van der Waals surface area contributed by atoms with Crippen molar-refractivity contribution in [2.75, 3.05) is 79.8 Å². The highest BCUT2D eigenvalue weighted by Gasteiger charge is 2.17. The molecule has 0 saturated carbocycles. The lowest BCUT2D eigenvalue weighted by atomic mass is 10.2. The third kappa shape index (κ3) is 4.44. The number of ether oxygens (including phenoxy) is 2. The predicted octanol–water partition coefficient (Wildman–Crippen LogP) is 1.72. The van der Waals surface area contributed by atoms with E-state index < -0.39 is 0 Å². The van der Waals surface area contributed by atoms with E-state index in [1.54, 1.807) is 12.3 Å². The van der Waals surface area contributed by atoms with Crippen molar-refractivity contribution in [3.8, 4) is 0 Å². The van der Waals surface area contributed by atoms with Gasteiger partial charge in [0.15, 0.2) is 5.82 Å². The summed E-state index contributed by atoms with van der Waals surface area (Å²) in [5.74, 6) is 0.862.